The summed E-state index contributed by atoms with van der Waals surface area (Å²) in [5, 5.41) is 11.0. The molecular formula is C22H23ClFN3O5S. The molecule has 0 unspecified atom stereocenters. The van der Waals surface area contributed by atoms with Crippen molar-refractivity contribution in [2.24, 2.45) is 5.92 Å². The Kier molecular flexibility index (Phi) is 6.69. The Morgan fingerprint density at radius 2 is 1.82 bits per heavy atom. The largest absolute Gasteiger partial charge is 0.335 e. The molecule has 1 saturated heterocycles. The van der Waals surface area contributed by atoms with Crippen LogP contribution in [-0.2, 0) is 21.4 Å². The number of carbonyl (C=O) groups excluding carboxylic acids is 1. The van der Waals surface area contributed by atoms with Gasteiger partial charge in [0.25, 0.3) is 5.69 Å². The minimum absolute atomic E-state index is 0.0857. The van der Waals surface area contributed by atoms with E-state index in [0.717, 1.165) is 25.0 Å². The summed E-state index contributed by atoms with van der Waals surface area (Å²) in [6, 6.07) is 9.75. The molecule has 1 amide bonds. The summed E-state index contributed by atoms with van der Waals surface area (Å²) >= 11 is 6.04. The van der Waals surface area contributed by atoms with Crippen LogP contribution in [0.4, 0.5) is 10.1 Å². The van der Waals surface area contributed by atoms with Crippen LogP contribution in [0.1, 0.15) is 31.2 Å². The van der Waals surface area contributed by atoms with Crippen molar-refractivity contribution in [2.45, 2.75) is 43.2 Å². The second kappa shape index (κ2) is 9.36. The lowest BCUT2D eigenvalue weighted by atomic mass is 9.96. The number of nitrogens with zero attached hydrogens (tertiary/aromatic N) is 3. The van der Waals surface area contributed by atoms with Crippen LogP contribution in [-0.4, -0.2) is 47.6 Å². The van der Waals surface area contributed by atoms with Gasteiger partial charge in [-0.1, -0.05) is 29.8 Å². The van der Waals surface area contributed by atoms with Crippen LogP contribution in [0.5, 0.6) is 0 Å². The van der Waals surface area contributed by atoms with Gasteiger partial charge >= 0.3 is 0 Å². The standard InChI is InChI=1S/C22H23ClFN3O5S/c23-19-8-7-18(27(29)30)13-21(19)33(31,32)25-11-9-15(10-12-25)22(28)26(17-5-6-17)14-16-3-1-2-4-20(16)24/h1-4,7-8,13,15,17H,5-6,9-12,14H2. The average molecular weight is 496 g/mol. The van der Waals surface area contributed by atoms with Gasteiger partial charge in [0.2, 0.25) is 15.9 Å². The first-order chi connectivity index (χ1) is 15.7. The predicted molar refractivity (Wildman–Crippen MR) is 120 cm³/mol. The normalized spacial score (nSPS) is 17.6. The van der Waals surface area contributed by atoms with Gasteiger partial charge in [-0.3, -0.25) is 14.9 Å². The van der Waals surface area contributed by atoms with Crippen LogP contribution in [0.25, 0.3) is 0 Å². The van der Waals surface area contributed by atoms with Crippen LogP contribution in [0.2, 0.25) is 5.02 Å². The topological polar surface area (TPSA) is 101 Å². The molecule has 2 aromatic rings. The van der Waals surface area contributed by atoms with E-state index in [9.17, 15) is 27.7 Å². The van der Waals surface area contributed by atoms with E-state index in [4.69, 9.17) is 11.6 Å². The molecule has 2 aromatic carbocycles. The van der Waals surface area contributed by atoms with Gasteiger partial charge in [0, 0.05) is 49.3 Å². The van der Waals surface area contributed by atoms with Gasteiger partial charge in [0.15, 0.2) is 0 Å². The van der Waals surface area contributed by atoms with Crippen LogP contribution in [0.3, 0.4) is 0 Å². The van der Waals surface area contributed by atoms with E-state index in [1.807, 2.05) is 0 Å². The maximum atomic E-state index is 14.1. The van der Waals surface area contributed by atoms with Gasteiger partial charge in [-0.2, -0.15) is 4.31 Å². The number of piperidine rings is 1. The molecule has 2 fully saturated rings. The monoisotopic (exact) mass is 495 g/mol. The molecule has 2 aliphatic rings. The molecule has 4 rings (SSSR count). The Bertz CT molecular complexity index is 1180. The quantitative estimate of drug-likeness (QED) is 0.427. The molecule has 0 N–H and O–H groups in total. The number of carbonyl (C=O) groups is 1. The number of nitro benzene ring substituents is 1. The summed E-state index contributed by atoms with van der Waals surface area (Å²) in [7, 11) is -4.05. The summed E-state index contributed by atoms with van der Waals surface area (Å²) < 4.78 is 41.5. The molecule has 0 atom stereocenters. The molecular weight excluding hydrogens is 473 g/mol. The van der Waals surface area contributed by atoms with Gasteiger partial charge in [0.05, 0.1) is 9.95 Å². The van der Waals surface area contributed by atoms with Crippen molar-refractivity contribution >= 4 is 33.2 Å². The molecule has 11 heteroatoms. The minimum atomic E-state index is -4.05. The summed E-state index contributed by atoms with van der Waals surface area (Å²) in [5.41, 5.74) is 0.0920. The number of benzene rings is 2. The van der Waals surface area contributed by atoms with Gasteiger partial charge < -0.3 is 4.90 Å². The number of rotatable bonds is 7. The third-order valence-electron chi connectivity index (χ3n) is 6.12. The van der Waals surface area contributed by atoms with Gasteiger partial charge in [-0.25, -0.2) is 12.8 Å². The lowest BCUT2D eigenvalue weighted by Crippen LogP contribution is -2.45. The van der Waals surface area contributed by atoms with Crippen molar-refractivity contribution in [1.29, 1.82) is 0 Å². The molecule has 33 heavy (non-hydrogen) atoms. The Morgan fingerprint density at radius 3 is 2.42 bits per heavy atom. The van der Waals surface area contributed by atoms with Crippen LogP contribution in [0.15, 0.2) is 47.4 Å². The Labute approximate surface area is 196 Å². The fourth-order valence-corrected chi connectivity index (χ4v) is 6.07. The molecule has 0 bridgehead atoms. The molecule has 176 valence electrons. The molecule has 1 saturated carbocycles. The number of nitro groups is 1. The zero-order chi connectivity index (χ0) is 23.8. The second-order valence-corrected chi connectivity index (χ2v) is 10.7. The number of non-ortho nitro benzene ring substituents is 1. The van der Waals surface area contributed by atoms with E-state index in [-0.39, 0.29) is 58.9 Å². The van der Waals surface area contributed by atoms with Gasteiger partial charge in [-0.15, -0.1) is 0 Å². The third kappa shape index (κ3) is 5.02. The summed E-state index contributed by atoms with van der Waals surface area (Å²) in [5.74, 6) is -0.818. The number of hydrogen-bond acceptors (Lipinski definition) is 5. The summed E-state index contributed by atoms with van der Waals surface area (Å²) in [4.78, 5) is 25.0. The SMILES string of the molecule is O=C(C1CCN(S(=O)(=O)c2cc([N+](=O)[O-])ccc2Cl)CC1)N(Cc1ccccc1F)C1CC1. The molecule has 0 radical (unpaired) electrons. The number of sulfonamides is 1. The first-order valence-corrected chi connectivity index (χ1v) is 12.5. The first kappa shape index (κ1) is 23.6. The summed E-state index contributed by atoms with van der Waals surface area (Å²) in [6.07, 6.45) is 2.37. The van der Waals surface area contributed by atoms with Crippen LogP contribution < -0.4 is 0 Å². The van der Waals surface area contributed by atoms with Gasteiger partial charge in [-0.05, 0) is 37.8 Å². The van der Waals surface area contributed by atoms with E-state index in [1.54, 1.807) is 23.1 Å². The lowest BCUT2D eigenvalue weighted by molar-refractivity contribution is -0.385. The van der Waals surface area contributed by atoms with E-state index < -0.39 is 14.9 Å². The van der Waals surface area contributed by atoms with Crippen molar-refractivity contribution in [1.82, 2.24) is 9.21 Å². The smallest absolute Gasteiger partial charge is 0.270 e. The maximum absolute atomic E-state index is 14.1. The highest BCUT2D eigenvalue weighted by molar-refractivity contribution is 7.89. The van der Waals surface area contributed by atoms with Crippen LogP contribution >= 0.6 is 11.6 Å². The molecule has 1 heterocycles. The van der Waals surface area contributed by atoms with Crippen molar-refractivity contribution in [3.05, 3.63) is 69.0 Å². The van der Waals surface area contributed by atoms with Crippen LogP contribution in [0, 0.1) is 21.8 Å². The predicted octanol–water partition coefficient (Wildman–Crippen LogP) is 3.98. The lowest BCUT2D eigenvalue weighted by Gasteiger charge is -2.34. The molecule has 0 spiro atoms. The zero-order valence-electron chi connectivity index (χ0n) is 17.7. The summed E-state index contributed by atoms with van der Waals surface area (Å²) in [6.45, 7) is 0.379. The third-order valence-corrected chi connectivity index (χ3v) is 8.50. The highest BCUT2D eigenvalue weighted by Gasteiger charge is 2.39. The number of amides is 1. The number of halogens is 2. The highest BCUT2D eigenvalue weighted by atomic mass is 35.5. The first-order valence-electron chi connectivity index (χ1n) is 10.7. The average Bonchev–Trinajstić information content (AvgIpc) is 3.63. The number of hydrogen-bond donors (Lipinski definition) is 0. The van der Waals surface area contributed by atoms with Crippen molar-refractivity contribution in [2.75, 3.05) is 13.1 Å². The minimum Gasteiger partial charge on any atom is -0.335 e. The highest BCUT2D eigenvalue weighted by Crippen LogP contribution is 2.34. The maximum Gasteiger partial charge on any atom is 0.270 e. The van der Waals surface area contributed by atoms with Crippen molar-refractivity contribution in [3.63, 3.8) is 0 Å². The van der Waals surface area contributed by atoms with E-state index in [1.165, 1.54) is 16.4 Å². The zero-order valence-corrected chi connectivity index (χ0v) is 19.3. The second-order valence-electron chi connectivity index (χ2n) is 8.34. The Balaban J connectivity index is 1.46. The molecule has 1 aliphatic carbocycles. The van der Waals surface area contributed by atoms with E-state index >= 15 is 0 Å². The van der Waals surface area contributed by atoms with E-state index in [0.29, 0.717) is 18.4 Å². The molecule has 8 nitrogen and oxygen atoms in total. The Hall–Kier alpha value is -2.56. The van der Waals surface area contributed by atoms with Gasteiger partial charge in [0.1, 0.15) is 10.7 Å². The van der Waals surface area contributed by atoms with Crippen molar-refractivity contribution in [3.8, 4) is 0 Å². The Morgan fingerprint density at radius 1 is 1.15 bits per heavy atom. The molecule has 0 aromatic heterocycles. The fourth-order valence-electron chi connectivity index (χ4n) is 4.10. The fraction of sp³-hybridized carbons (Fsp3) is 0.409. The van der Waals surface area contributed by atoms with Crippen molar-refractivity contribution < 1.29 is 22.5 Å². The van der Waals surface area contributed by atoms with E-state index in [2.05, 4.69) is 0 Å². The molecule has 1 aliphatic heterocycles.